The molecule has 1 aromatic carbocycles. The average molecular weight is 245 g/mol. The lowest BCUT2D eigenvalue weighted by Gasteiger charge is -2.26. The summed E-state index contributed by atoms with van der Waals surface area (Å²) in [7, 11) is 0. The van der Waals surface area contributed by atoms with Crippen LogP contribution in [-0.4, -0.2) is 22.8 Å². The Labute approximate surface area is 107 Å². The largest absolute Gasteiger partial charge is 0.379 e. The summed E-state index contributed by atoms with van der Waals surface area (Å²) in [5.74, 6) is 0.965. The number of benzene rings is 1. The van der Waals surface area contributed by atoms with Crippen molar-refractivity contribution in [3.05, 3.63) is 30.1 Å². The van der Waals surface area contributed by atoms with Gasteiger partial charge in [-0.05, 0) is 31.9 Å². The maximum atomic E-state index is 6.06. The first kappa shape index (κ1) is 11.7. The first-order valence-corrected chi connectivity index (χ1v) is 6.57. The molecule has 4 heteroatoms. The van der Waals surface area contributed by atoms with Gasteiger partial charge in [0, 0.05) is 6.61 Å². The smallest absolute Gasteiger partial charge is 0.126 e. The molecule has 0 amide bonds. The molecular formula is C14H19N3O. The lowest BCUT2D eigenvalue weighted by molar-refractivity contribution is 0.0592. The molecule has 96 valence electrons. The Morgan fingerprint density at radius 3 is 3.00 bits per heavy atom. The number of aromatic nitrogens is 2. The highest BCUT2D eigenvalue weighted by Gasteiger charge is 2.22. The SMILES string of the molecule is C[C@H](N)c1nc2ccccc2n1C1CCCOC1. The van der Waals surface area contributed by atoms with Crippen LogP contribution >= 0.6 is 0 Å². The summed E-state index contributed by atoms with van der Waals surface area (Å²) in [5, 5.41) is 0. The van der Waals surface area contributed by atoms with Gasteiger partial charge in [0.15, 0.2) is 0 Å². The van der Waals surface area contributed by atoms with Crippen LogP contribution in [0.15, 0.2) is 24.3 Å². The molecule has 0 aliphatic carbocycles. The number of rotatable bonds is 2. The van der Waals surface area contributed by atoms with Crippen molar-refractivity contribution in [1.82, 2.24) is 9.55 Å². The molecule has 2 heterocycles. The standard InChI is InChI=1S/C14H19N3O/c1-10(15)14-16-12-6-2-3-7-13(12)17(14)11-5-4-8-18-9-11/h2-3,6-7,10-11H,4-5,8-9,15H2,1H3/t10-,11?/m0/s1. The Morgan fingerprint density at radius 2 is 2.28 bits per heavy atom. The van der Waals surface area contributed by atoms with E-state index in [0.29, 0.717) is 6.04 Å². The number of nitrogens with two attached hydrogens (primary N) is 1. The predicted molar refractivity (Wildman–Crippen MR) is 71.4 cm³/mol. The molecule has 3 rings (SSSR count). The zero-order valence-corrected chi connectivity index (χ0v) is 10.7. The number of nitrogens with zero attached hydrogens (tertiary/aromatic N) is 2. The number of hydrogen-bond acceptors (Lipinski definition) is 3. The molecule has 2 aromatic rings. The quantitative estimate of drug-likeness (QED) is 0.884. The van der Waals surface area contributed by atoms with Gasteiger partial charge in [-0.25, -0.2) is 4.98 Å². The summed E-state index contributed by atoms with van der Waals surface area (Å²) in [4.78, 5) is 4.67. The fourth-order valence-electron chi connectivity index (χ4n) is 2.70. The second kappa shape index (κ2) is 4.71. The third-order valence-corrected chi connectivity index (χ3v) is 3.53. The van der Waals surface area contributed by atoms with Gasteiger partial charge in [0.2, 0.25) is 0 Å². The Hall–Kier alpha value is -1.39. The van der Waals surface area contributed by atoms with Crippen molar-refractivity contribution in [3.63, 3.8) is 0 Å². The summed E-state index contributed by atoms with van der Waals surface area (Å²) >= 11 is 0. The summed E-state index contributed by atoms with van der Waals surface area (Å²) in [6.07, 6.45) is 2.25. The van der Waals surface area contributed by atoms with Gasteiger partial charge in [-0.15, -0.1) is 0 Å². The van der Waals surface area contributed by atoms with Crippen LogP contribution in [0, 0.1) is 0 Å². The summed E-state index contributed by atoms with van der Waals surface area (Å²) in [6, 6.07) is 8.54. The number of para-hydroxylation sites is 2. The molecule has 4 nitrogen and oxygen atoms in total. The lowest BCUT2D eigenvalue weighted by Crippen LogP contribution is -2.25. The topological polar surface area (TPSA) is 53.1 Å². The number of ether oxygens (including phenoxy) is 1. The van der Waals surface area contributed by atoms with Crippen LogP contribution in [0.2, 0.25) is 0 Å². The van der Waals surface area contributed by atoms with Gasteiger partial charge in [-0.3, -0.25) is 0 Å². The fraction of sp³-hybridized carbons (Fsp3) is 0.500. The van der Waals surface area contributed by atoms with Crippen molar-refractivity contribution in [2.24, 2.45) is 5.73 Å². The second-order valence-corrected chi connectivity index (χ2v) is 4.99. The number of hydrogen-bond donors (Lipinski definition) is 1. The molecule has 1 saturated heterocycles. The summed E-state index contributed by atoms with van der Waals surface area (Å²) in [6.45, 7) is 3.62. The van der Waals surface area contributed by atoms with E-state index in [1.165, 1.54) is 5.52 Å². The van der Waals surface area contributed by atoms with E-state index in [1.54, 1.807) is 0 Å². The van der Waals surface area contributed by atoms with Gasteiger partial charge in [0.25, 0.3) is 0 Å². The van der Waals surface area contributed by atoms with E-state index in [4.69, 9.17) is 10.5 Å². The Bertz CT molecular complexity index is 541. The molecule has 0 bridgehead atoms. The summed E-state index contributed by atoms with van der Waals surface area (Å²) in [5.41, 5.74) is 8.25. The molecule has 1 aliphatic heterocycles. The van der Waals surface area contributed by atoms with Gasteiger partial charge in [-0.2, -0.15) is 0 Å². The number of imidazole rings is 1. The maximum absolute atomic E-state index is 6.06. The van der Waals surface area contributed by atoms with Crippen LogP contribution in [0.4, 0.5) is 0 Å². The number of fused-ring (bicyclic) bond motifs is 1. The van der Waals surface area contributed by atoms with Crippen molar-refractivity contribution in [1.29, 1.82) is 0 Å². The van der Waals surface area contributed by atoms with Crippen molar-refractivity contribution in [3.8, 4) is 0 Å². The minimum Gasteiger partial charge on any atom is -0.379 e. The first-order valence-electron chi connectivity index (χ1n) is 6.57. The second-order valence-electron chi connectivity index (χ2n) is 4.99. The summed E-state index contributed by atoms with van der Waals surface area (Å²) < 4.78 is 7.88. The van der Waals surface area contributed by atoms with Gasteiger partial charge >= 0.3 is 0 Å². The molecule has 1 fully saturated rings. The highest BCUT2D eigenvalue weighted by atomic mass is 16.5. The van der Waals surface area contributed by atoms with Crippen LogP contribution in [0.25, 0.3) is 11.0 Å². The molecule has 2 N–H and O–H groups in total. The fourth-order valence-corrected chi connectivity index (χ4v) is 2.70. The van der Waals surface area contributed by atoms with E-state index in [0.717, 1.165) is 37.4 Å². The van der Waals surface area contributed by atoms with E-state index < -0.39 is 0 Å². The maximum Gasteiger partial charge on any atom is 0.126 e. The molecule has 1 aliphatic rings. The Kier molecular flexibility index (Phi) is 3.06. The van der Waals surface area contributed by atoms with E-state index >= 15 is 0 Å². The van der Waals surface area contributed by atoms with E-state index in [-0.39, 0.29) is 6.04 Å². The van der Waals surface area contributed by atoms with E-state index in [9.17, 15) is 0 Å². The van der Waals surface area contributed by atoms with Crippen LogP contribution < -0.4 is 5.73 Å². The first-order chi connectivity index (χ1) is 8.77. The normalized spacial score (nSPS) is 22.2. The zero-order chi connectivity index (χ0) is 12.5. The molecule has 1 unspecified atom stereocenters. The van der Waals surface area contributed by atoms with Crippen molar-refractivity contribution >= 4 is 11.0 Å². The highest BCUT2D eigenvalue weighted by Crippen LogP contribution is 2.28. The third-order valence-electron chi connectivity index (χ3n) is 3.53. The highest BCUT2D eigenvalue weighted by molar-refractivity contribution is 5.76. The van der Waals surface area contributed by atoms with Crippen molar-refractivity contribution in [2.75, 3.05) is 13.2 Å². The van der Waals surface area contributed by atoms with Crippen molar-refractivity contribution in [2.45, 2.75) is 31.8 Å². The monoisotopic (exact) mass is 245 g/mol. The van der Waals surface area contributed by atoms with Crippen LogP contribution in [0.1, 0.15) is 37.7 Å². The van der Waals surface area contributed by atoms with Gasteiger partial charge in [0.1, 0.15) is 5.82 Å². The van der Waals surface area contributed by atoms with Crippen LogP contribution in [0.3, 0.4) is 0 Å². The molecule has 2 atom stereocenters. The zero-order valence-electron chi connectivity index (χ0n) is 10.7. The Morgan fingerprint density at radius 1 is 1.44 bits per heavy atom. The molecule has 0 radical (unpaired) electrons. The molecule has 0 spiro atoms. The van der Waals surface area contributed by atoms with Crippen molar-refractivity contribution < 1.29 is 4.74 Å². The average Bonchev–Trinajstić information content (AvgIpc) is 2.79. The van der Waals surface area contributed by atoms with Crippen LogP contribution in [0.5, 0.6) is 0 Å². The minimum atomic E-state index is -0.0562. The van der Waals surface area contributed by atoms with Crippen LogP contribution in [-0.2, 0) is 4.74 Å². The molecule has 1 aromatic heterocycles. The lowest BCUT2D eigenvalue weighted by atomic mass is 10.1. The molecule has 18 heavy (non-hydrogen) atoms. The van der Waals surface area contributed by atoms with Gasteiger partial charge in [-0.1, -0.05) is 12.1 Å². The minimum absolute atomic E-state index is 0.0562. The third kappa shape index (κ3) is 1.91. The van der Waals surface area contributed by atoms with Gasteiger partial charge in [0.05, 0.1) is 29.7 Å². The molecular weight excluding hydrogens is 226 g/mol. The van der Waals surface area contributed by atoms with E-state index in [2.05, 4.69) is 21.7 Å². The molecule has 0 saturated carbocycles. The predicted octanol–water partition coefficient (Wildman–Crippen LogP) is 2.41. The Balaban J connectivity index is 2.14. The van der Waals surface area contributed by atoms with E-state index in [1.807, 2.05) is 19.1 Å². The van der Waals surface area contributed by atoms with Gasteiger partial charge < -0.3 is 15.0 Å².